The van der Waals surface area contributed by atoms with Crippen LogP contribution in [0, 0.1) is 11.6 Å². The van der Waals surface area contributed by atoms with Crippen molar-refractivity contribution in [2.75, 3.05) is 7.05 Å². The Balaban J connectivity index is 2.21. The van der Waals surface area contributed by atoms with E-state index >= 15 is 0 Å². The molecule has 20 heavy (non-hydrogen) atoms. The van der Waals surface area contributed by atoms with E-state index in [0.717, 1.165) is 12.3 Å². The highest BCUT2D eigenvalue weighted by Crippen LogP contribution is 2.17. The third-order valence-corrected chi connectivity index (χ3v) is 3.05. The van der Waals surface area contributed by atoms with Crippen LogP contribution in [0.1, 0.15) is 15.9 Å². The summed E-state index contributed by atoms with van der Waals surface area (Å²) in [5.41, 5.74) is 0.314. The van der Waals surface area contributed by atoms with E-state index in [1.165, 1.54) is 18.0 Å². The molecule has 0 bridgehead atoms. The van der Waals surface area contributed by atoms with Crippen molar-refractivity contribution in [2.45, 2.75) is 6.54 Å². The van der Waals surface area contributed by atoms with Crippen molar-refractivity contribution in [2.24, 2.45) is 0 Å². The molecule has 1 aromatic heterocycles. The molecule has 0 fully saturated rings. The topological polar surface area (TPSA) is 33.2 Å². The first-order chi connectivity index (χ1) is 9.49. The standard InChI is InChI=1S/C14H11ClF2N2O/c1-19(8-9-4-2-3-5-12(9)17)14(20)11-6-10(16)7-18-13(11)15/h2-7H,8H2,1H3. The second kappa shape index (κ2) is 5.96. The molecule has 6 heteroatoms. The molecule has 1 aromatic carbocycles. The van der Waals surface area contributed by atoms with Crippen molar-refractivity contribution in [3.8, 4) is 0 Å². The molecule has 0 saturated heterocycles. The fourth-order valence-electron chi connectivity index (χ4n) is 1.73. The summed E-state index contributed by atoms with van der Waals surface area (Å²) in [5.74, 6) is -1.59. The number of amides is 1. The van der Waals surface area contributed by atoms with Gasteiger partial charge in [0.15, 0.2) is 0 Å². The molecule has 1 heterocycles. The average molecular weight is 297 g/mol. The molecule has 104 valence electrons. The normalized spacial score (nSPS) is 10.4. The van der Waals surface area contributed by atoms with Crippen LogP contribution in [0.5, 0.6) is 0 Å². The highest BCUT2D eigenvalue weighted by Gasteiger charge is 2.18. The third-order valence-electron chi connectivity index (χ3n) is 2.75. The minimum atomic E-state index is -0.656. The number of pyridine rings is 1. The monoisotopic (exact) mass is 296 g/mol. The third kappa shape index (κ3) is 3.11. The minimum Gasteiger partial charge on any atom is -0.337 e. The van der Waals surface area contributed by atoms with Crippen molar-refractivity contribution in [3.63, 3.8) is 0 Å². The van der Waals surface area contributed by atoms with Gasteiger partial charge in [0.1, 0.15) is 16.8 Å². The first kappa shape index (κ1) is 14.4. The maximum absolute atomic E-state index is 13.5. The number of carbonyl (C=O) groups excluding carboxylic acids is 1. The van der Waals surface area contributed by atoms with Gasteiger partial charge in [0.2, 0.25) is 0 Å². The Morgan fingerprint density at radius 3 is 2.75 bits per heavy atom. The van der Waals surface area contributed by atoms with Crippen molar-refractivity contribution in [1.29, 1.82) is 0 Å². The van der Waals surface area contributed by atoms with E-state index in [2.05, 4.69) is 4.98 Å². The summed E-state index contributed by atoms with van der Waals surface area (Å²) in [6, 6.07) is 7.13. The summed E-state index contributed by atoms with van der Waals surface area (Å²) in [6.07, 6.45) is 0.927. The second-order valence-electron chi connectivity index (χ2n) is 4.24. The largest absolute Gasteiger partial charge is 0.337 e. The molecule has 3 nitrogen and oxygen atoms in total. The van der Waals surface area contributed by atoms with E-state index in [9.17, 15) is 13.6 Å². The van der Waals surface area contributed by atoms with Gasteiger partial charge in [0.25, 0.3) is 5.91 Å². The van der Waals surface area contributed by atoms with Gasteiger partial charge in [-0.15, -0.1) is 0 Å². The Kier molecular flexibility index (Phi) is 4.29. The molecule has 0 N–H and O–H groups in total. The number of hydrogen-bond donors (Lipinski definition) is 0. The van der Waals surface area contributed by atoms with Gasteiger partial charge in [-0.2, -0.15) is 0 Å². The fraction of sp³-hybridized carbons (Fsp3) is 0.143. The lowest BCUT2D eigenvalue weighted by Gasteiger charge is -2.18. The number of hydrogen-bond acceptors (Lipinski definition) is 2. The van der Waals surface area contributed by atoms with Crippen molar-refractivity contribution in [3.05, 3.63) is 64.4 Å². The van der Waals surface area contributed by atoms with Crippen LogP contribution < -0.4 is 0 Å². The van der Waals surface area contributed by atoms with Crippen LogP contribution in [-0.4, -0.2) is 22.8 Å². The molecular weight excluding hydrogens is 286 g/mol. The first-order valence-electron chi connectivity index (χ1n) is 5.79. The van der Waals surface area contributed by atoms with Crippen molar-refractivity contribution >= 4 is 17.5 Å². The predicted octanol–water partition coefficient (Wildman–Crippen LogP) is 3.29. The van der Waals surface area contributed by atoms with Crippen LogP contribution in [0.3, 0.4) is 0 Å². The minimum absolute atomic E-state index is 0.0505. The fourth-order valence-corrected chi connectivity index (χ4v) is 1.92. The van der Waals surface area contributed by atoms with E-state index in [1.807, 2.05) is 0 Å². The van der Waals surface area contributed by atoms with E-state index in [1.54, 1.807) is 18.2 Å². The number of halogens is 3. The van der Waals surface area contributed by atoms with Crippen molar-refractivity contribution in [1.82, 2.24) is 9.88 Å². The smallest absolute Gasteiger partial charge is 0.257 e. The van der Waals surface area contributed by atoms with Crippen molar-refractivity contribution < 1.29 is 13.6 Å². The molecule has 0 saturated carbocycles. The van der Waals surface area contributed by atoms with E-state index in [4.69, 9.17) is 11.6 Å². The van der Waals surface area contributed by atoms with Gasteiger partial charge in [-0.05, 0) is 12.1 Å². The maximum atomic E-state index is 13.5. The number of rotatable bonds is 3. The molecule has 0 aliphatic carbocycles. The van der Waals surface area contributed by atoms with Gasteiger partial charge < -0.3 is 4.90 Å². The Bertz CT molecular complexity index is 649. The summed E-state index contributed by atoms with van der Waals surface area (Å²) < 4.78 is 26.6. The molecule has 0 unspecified atom stereocenters. The highest BCUT2D eigenvalue weighted by atomic mass is 35.5. The van der Waals surface area contributed by atoms with Gasteiger partial charge in [-0.3, -0.25) is 4.79 Å². The first-order valence-corrected chi connectivity index (χ1v) is 6.16. The van der Waals surface area contributed by atoms with E-state index < -0.39 is 17.5 Å². The molecule has 2 rings (SSSR count). The summed E-state index contributed by atoms with van der Waals surface area (Å²) in [4.78, 5) is 17.0. The van der Waals surface area contributed by atoms with E-state index in [-0.39, 0.29) is 17.3 Å². The molecule has 0 radical (unpaired) electrons. The van der Waals surface area contributed by atoms with Gasteiger partial charge in [0.05, 0.1) is 11.8 Å². The second-order valence-corrected chi connectivity index (χ2v) is 4.60. The van der Waals surface area contributed by atoms with Gasteiger partial charge in [-0.25, -0.2) is 13.8 Å². The quantitative estimate of drug-likeness (QED) is 0.814. The molecular formula is C14H11ClF2N2O. The Morgan fingerprint density at radius 2 is 2.05 bits per heavy atom. The lowest BCUT2D eigenvalue weighted by molar-refractivity contribution is 0.0783. The summed E-state index contributed by atoms with van der Waals surface area (Å²) in [5, 5.41) is -0.0863. The van der Waals surface area contributed by atoms with Crippen LogP contribution in [-0.2, 0) is 6.54 Å². The SMILES string of the molecule is CN(Cc1ccccc1F)C(=O)c1cc(F)cnc1Cl. The molecule has 0 aliphatic heterocycles. The zero-order valence-electron chi connectivity index (χ0n) is 10.6. The molecule has 0 aliphatic rings. The van der Waals surface area contributed by atoms with Crippen LogP contribution >= 0.6 is 11.6 Å². The Morgan fingerprint density at radius 1 is 1.35 bits per heavy atom. The van der Waals surface area contributed by atoms with Gasteiger partial charge >= 0.3 is 0 Å². The van der Waals surface area contributed by atoms with Gasteiger partial charge in [0, 0.05) is 19.2 Å². The number of nitrogens with zero attached hydrogens (tertiary/aromatic N) is 2. The number of aromatic nitrogens is 1. The summed E-state index contributed by atoms with van der Waals surface area (Å²) >= 11 is 5.77. The molecule has 2 aromatic rings. The lowest BCUT2D eigenvalue weighted by Crippen LogP contribution is -2.27. The molecule has 0 spiro atoms. The zero-order chi connectivity index (χ0) is 14.7. The zero-order valence-corrected chi connectivity index (χ0v) is 11.4. The average Bonchev–Trinajstić information content (AvgIpc) is 2.43. The predicted molar refractivity (Wildman–Crippen MR) is 71.4 cm³/mol. The number of carbonyl (C=O) groups is 1. The Hall–Kier alpha value is -2.01. The molecule has 1 amide bonds. The van der Waals surface area contributed by atoms with Crippen LogP contribution in [0.4, 0.5) is 8.78 Å². The number of benzene rings is 1. The lowest BCUT2D eigenvalue weighted by atomic mass is 10.2. The Labute approximate surface area is 119 Å². The maximum Gasteiger partial charge on any atom is 0.257 e. The van der Waals surface area contributed by atoms with Gasteiger partial charge in [-0.1, -0.05) is 29.8 Å². The van der Waals surface area contributed by atoms with E-state index in [0.29, 0.717) is 5.56 Å². The van der Waals surface area contributed by atoms with Crippen LogP contribution in [0.15, 0.2) is 36.5 Å². The van der Waals surface area contributed by atoms with Crippen LogP contribution in [0.2, 0.25) is 5.15 Å². The molecule has 0 atom stereocenters. The highest BCUT2D eigenvalue weighted by molar-refractivity contribution is 6.32. The summed E-state index contributed by atoms with van der Waals surface area (Å²) in [7, 11) is 1.48. The summed E-state index contributed by atoms with van der Waals surface area (Å²) in [6.45, 7) is 0.0539. The van der Waals surface area contributed by atoms with Crippen LogP contribution in [0.25, 0.3) is 0 Å².